The highest BCUT2D eigenvalue weighted by Crippen LogP contribution is 2.31. The van der Waals surface area contributed by atoms with Gasteiger partial charge < -0.3 is 5.32 Å². The molecule has 0 unspecified atom stereocenters. The van der Waals surface area contributed by atoms with Crippen LogP contribution in [-0.2, 0) is 4.79 Å². The van der Waals surface area contributed by atoms with E-state index in [1.54, 1.807) is 30.5 Å². The topological polar surface area (TPSA) is 97.2 Å². The number of para-hydroxylation sites is 2. The Morgan fingerprint density at radius 1 is 1.04 bits per heavy atom. The van der Waals surface area contributed by atoms with Crippen molar-refractivity contribution >= 4 is 46.6 Å². The Morgan fingerprint density at radius 2 is 1.68 bits per heavy atom. The van der Waals surface area contributed by atoms with E-state index < -0.39 is 24.3 Å². The summed E-state index contributed by atoms with van der Waals surface area (Å²) in [6.45, 7) is -0.451. The van der Waals surface area contributed by atoms with Gasteiger partial charge in [0.25, 0.3) is 11.8 Å². The summed E-state index contributed by atoms with van der Waals surface area (Å²) in [5.74, 6) is -1.74. The number of nitrogens with one attached hydrogen (secondary N) is 1. The van der Waals surface area contributed by atoms with Crippen molar-refractivity contribution in [2.24, 2.45) is 0 Å². The van der Waals surface area contributed by atoms with Crippen LogP contribution in [0.2, 0.25) is 10.0 Å². The van der Waals surface area contributed by atoms with E-state index in [1.807, 2.05) is 0 Å². The highest BCUT2D eigenvalue weighted by atomic mass is 35.5. The summed E-state index contributed by atoms with van der Waals surface area (Å²) >= 11 is 11.9. The van der Waals surface area contributed by atoms with Gasteiger partial charge in [-0.1, -0.05) is 40.5 Å². The van der Waals surface area contributed by atoms with Crippen molar-refractivity contribution in [3.05, 3.63) is 70.0 Å². The molecular weight excluding hydrogens is 405 g/mol. The van der Waals surface area contributed by atoms with Crippen LogP contribution in [0.25, 0.3) is 5.69 Å². The molecule has 2 heterocycles. The monoisotopic (exact) mass is 415 g/mol. The molecule has 1 aliphatic heterocycles. The zero-order valence-corrected chi connectivity index (χ0v) is 15.6. The van der Waals surface area contributed by atoms with Crippen molar-refractivity contribution in [3.63, 3.8) is 0 Å². The van der Waals surface area contributed by atoms with E-state index in [2.05, 4.69) is 15.6 Å². The predicted octanol–water partition coefficient (Wildman–Crippen LogP) is 2.81. The second-order valence-electron chi connectivity index (χ2n) is 5.92. The number of hydrogen-bond acceptors (Lipinski definition) is 5. The quantitative estimate of drug-likeness (QED) is 0.660. The molecule has 0 saturated carbocycles. The maximum absolute atomic E-state index is 12.5. The van der Waals surface area contributed by atoms with Crippen LogP contribution in [0, 0.1) is 0 Å². The average Bonchev–Trinajstić information content (AvgIpc) is 3.28. The molecule has 1 N–H and O–H groups in total. The fourth-order valence-electron chi connectivity index (χ4n) is 2.88. The first-order valence-corrected chi connectivity index (χ1v) is 8.82. The van der Waals surface area contributed by atoms with Gasteiger partial charge in [0, 0.05) is 0 Å². The van der Waals surface area contributed by atoms with Gasteiger partial charge in [-0.25, -0.2) is 4.68 Å². The Balaban J connectivity index is 1.54. The second-order valence-corrected chi connectivity index (χ2v) is 6.74. The van der Waals surface area contributed by atoms with Crippen molar-refractivity contribution in [2.45, 2.75) is 0 Å². The first-order valence-electron chi connectivity index (χ1n) is 8.06. The molecule has 8 nitrogen and oxygen atoms in total. The summed E-state index contributed by atoms with van der Waals surface area (Å²) in [5.41, 5.74) is 1.29. The van der Waals surface area contributed by atoms with Gasteiger partial charge >= 0.3 is 0 Å². The first-order chi connectivity index (χ1) is 13.5. The number of carbonyl (C=O) groups excluding carboxylic acids is 3. The van der Waals surface area contributed by atoms with Crippen molar-refractivity contribution < 1.29 is 14.4 Å². The Bertz CT molecular complexity index is 1070. The Hall–Kier alpha value is -3.23. The number of amides is 3. The maximum atomic E-state index is 12.5. The molecule has 3 aromatic rings. The fourth-order valence-corrected chi connectivity index (χ4v) is 3.20. The van der Waals surface area contributed by atoms with Gasteiger partial charge in [0.15, 0.2) is 0 Å². The molecule has 0 aliphatic carbocycles. The maximum Gasteiger partial charge on any atom is 0.262 e. The summed E-state index contributed by atoms with van der Waals surface area (Å²) in [4.78, 5) is 38.4. The standard InChI is InChI=1S/C18H11Cl2N5O3/c19-12-7-10-11(8-13(12)20)18(28)24(17(10)27)9-16(26)22-14-3-1-2-4-15(14)25-6-5-21-23-25/h1-8H,9H2,(H,22,26). The Kier molecular flexibility index (Phi) is 4.58. The number of fused-ring (bicyclic) bond motifs is 1. The lowest BCUT2D eigenvalue weighted by Crippen LogP contribution is -2.37. The number of nitrogens with zero attached hydrogens (tertiary/aromatic N) is 4. The molecule has 1 aromatic heterocycles. The van der Waals surface area contributed by atoms with Crippen LogP contribution < -0.4 is 5.32 Å². The van der Waals surface area contributed by atoms with Gasteiger partial charge in [-0.05, 0) is 24.3 Å². The summed E-state index contributed by atoms with van der Waals surface area (Å²) in [7, 11) is 0. The van der Waals surface area contributed by atoms with Crippen LogP contribution in [0.3, 0.4) is 0 Å². The zero-order chi connectivity index (χ0) is 19.8. The highest BCUT2D eigenvalue weighted by molar-refractivity contribution is 6.43. The van der Waals surface area contributed by atoms with Gasteiger partial charge in [-0.3, -0.25) is 19.3 Å². The smallest absolute Gasteiger partial charge is 0.262 e. The largest absolute Gasteiger partial charge is 0.323 e. The summed E-state index contributed by atoms with van der Waals surface area (Å²) in [6.07, 6.45) is 3.14. The number of benzene rings is 2. The van der Waals surface area contributed by atoms with E-state index in [0.717, 1.165) is 4.90 Å². The molecule has 28 heavy (non-hydrogen) atoms. The third kappa shape index (κ3) is 3.12. The third-order valence-electron chi connectivity index (χ3n) is 4.16. The first kappa shape index (κ1) is 18.1. The Morgan fingerprint density at radius 3 is 2.29 bits per heavy atom. The van der Waals surface area contributed by atoms with E-state index in [9.17, 15) is 14.4 Å². The third-order valence-corrected chi connectivity index (χ3v) is 4.88. The molecule has 0 bridgehead atoms. The van der Waals surface area contributed by atoms with Gasteiger partial charge in [0.2, 0.25) is 5.91 Å². The molecule has 0 saturated heterocycles. The van der Waals surface area contributed by atoms with E-state index in [1.165, 1.54) is 23.0 Å². The minimum Gasteiger partial charge on any atom is -0.323 e. The van der Waals surface area contributed by atoms with Crippen molar-refractivity contribution in [2.75, 3.05) is 11.9 Å². The fraction of sp³-hybridized carbons (Fsp3) is 0.0556. The lowest BCUT2D eigenvalue weighted by Gasteiger charge is -2.15. The molecule has 0 atom stereocenters. The van der Waals surface area contributed by atoms with Crippen molar-refractivity contribution in [3.8, 4) is 5.69 Å². The normalized spacial score (nSPS) is 13.0. The molecular formula is C18H11Cl2N5O3. The van der Waals surface area contributed by atoms with Gasteiger partial charge in [0.05, 0.1) is 44.9 Å². The SMILES string of the molecule is O=C(CN1C(=O)c2cc(Cl)c(Cl)cc2C1=O)Nc1ccccc1-n1ccnn1. The summed E-state index contributed by atoms with van der Waals surface area (Å²) < 4.78 is 1.49. The number of rotatable bonds is 4. The van der Waals surface area contributed by atoms with Gasteiger partial charge in [-0.2, -0.15) is 0 Å². The average molecular weight is 416 g/mol. The number of hydrogen-bond donors (Lipinski definition) is 1. The molecule has 0 spiro atoms. The van der Waals surface area contributed by atoms with Crippen LogP contribution in [0.15, 0.2) is 48.8 Å². The van der Waals surface area contributed by atoms with E-state index in [4.69, 9.17) is 23.2 Å². The van der Waals surface area contributed by atoms with Crippen molar-refractivity contribution in [1.29, 1.82) is 0 Å². The Labute approximate surface area is 168 Å². The second kappa shape index (κ2) is 7.06. The molecule has 3 amide bonds. The zero-order valence-electron chi connectivity index (χ0n) is 14.1. The van der Waals surface area contributed by atoms with Crippen LogP contribution in [0.4, 0.5) is 5.69 Å². The molecule has 0 radical (unpaired) electrons. The minimum atomic E-state index is -0.599. The molecule has 0 fully saturated rings. The molecule has 1 aliphatic rings. The molecule has 2 aromatic carbocycles. The minimum absolute atomic E-state index is 0.121. The summed E-state index contributed by atoms with van der Waals surface area (Å²) in [5, 5.41) is 10.7. The van der Waals surface area contributed by atoms with Crippen LogP contribution in [0.1, 0.15) is 20.7 Å². The number of imide groups is 1. The van der Waals surface area contributed by atoms with Crippen LogP contribution in [-0.4, -0.2) is 44.2 Å². The molecule has 4 rings (SSSR count). The van der Waals surface area contributed by atoms with Crippen LogP contribution in [0.5, 0.6) is 0 Å². The van der Waals surface area contributed by atoms with Gasteiger partial charge in [0.1, 0.15) is 6.54 Å². The lowest BCUT2D eigenvalue weighted by atomic mass is 10.1. The van der Waals surface area contributed by atoms with E-state index in [-0.39, 0.29) is 21.2 Å². The molecule has 10 heteroatoms. The van der Waals surface area contributed by atoms with Gasteiger partial charge in [-0.15, -0.1) is 5.10 Å². The predicted molar refractivity (Wildman–Crippen MR) is 102 cm³/mol. The van der Waals surface area contributed by atoms with Crippen molar-refractivity contribution in [1.82, 2.24) is 19.9 Å². The summed E-state index contributed by atoms with van der Waals surface area (Å²) in [6, 6.07) is 9.61. The van der Waals surface area contributed by atoms with E-state index >= 15 is 0 Å². The number of carbonyl (C=O) groups is 3. The van der Waals surface area contributed by atoms with Crippen LogP contribution >= 0.6 is 23.2 Å². The molecule has 140 valence electrons. The highest BCUT2D eigenvalue weighted by Gasteiger charge is 2.37. The number of anilines is 1. The lowest BCUT2D eigenvalue weighted by molar-refractivity contribution is -0.116. The number of halogens is 2. The van der Waals surface area contributed by atoms with E-state index in [0.29, 0.717) is 11.4 Å². The number of aromatic nitrogens is 3.